The van der Waals surface area contributed by atoms with Gasteiger partial charge >= 0.3 is 0 Å². The van der Waals surface area contributed by atoms with Crippen LogP contribution in [0.1, 0.15) is 0 Å². The number of para-hydroxylation sites is 1. The van der Waals surface area contributed by atoms with Gasteiger partial charge in [-0.2, -0.15) is 0 Å². The Balaban J connectivity index is 1.18. The molecule has 0 saturated heterocycles. The number of hydrogen-bond donors (Lipinski definition) is 0. The highest BCUT2D eigenvalue weighted by Gasteiger charge is 2.17. The summed E-state index contributed by atoms with van der Waals surface area (Å²) in [6, 6.07) is 49.1. The predicted molar refractivity (Wildman–Crippen MR) is 189 cm³/mol. The predicted octanol–water partition coefficient (Wildman–Crippen LogP) is 11.1. The number of pyridine rings is 2. The maximum absolute atomic E-state index is 6.20. The van der Waals surface area contributed by atoms with Crippen molar-refractivity contribution >= 4 is 60.2 Å². The summed E-state index contributed by atoms with van der Waals surface area (Å²) in [5, 5.41) is 6.94. The Morgan fingerprint density at radius 2 is 1.15 bits per heavy atom. The van der Waals surface area contributed by atoms with Gasteiger partial charge in [0.25, 0.3) is 0 Å². The van der Waals surface area contributed by atoms with E-state index < -0.39 is 0 Å². The van der Waals surface area contributed by atoms with E-state index >= 15 is 0 Å². The van der Waals surface area contributed by atoms with Gasteiger partial charge in [0.2, 0.25) is 0 Å². The molecule has 0 aliphatic carbocycles. The molecule has 0 fully saturated rings. The minimum atomic E-state index is 0.889. The van der Waals surface area contributed by atoms with Crippen molar-refractivity contribution in [1.82, 2.24) is 14.4 Å². The molecule has 10 rings (SSSR count). The van der Waals surface area contributed by atoms with E-state index in [1.165, 1.54) is 27.3 Å². The smallest absolute Gasteiger partial charge is 0.137 e. The van der Waals surface area contributed by atoms with E-state index in [1.807, 2.05) is 24.4 Å². The first kappa shape index (κ1) is 25.1. The Morgan fingerprint density at radius 1 is 0.457 bits per heavy atom. The molecule has 0 spiro atoms. The first-order valence-electron chi connectivity index (χ1n) is 15.5. The van der Waals surface area contributed by atoms with Crippen molar-refractivity contribution in [1.29, 1.82) is 0 Å². The molecule has 4 heteroatoms. The van der Waals surface area contributed by atoms with Crippen LogP contribution in [-0.4, -0.2) is 14.4 Å². The van der Waals surface area contributed by atoms with E-state index in [-0.39, 0.29) is 0 Å². The zero-order valence-electron chi connectivity index (χ0n) is 24.7. The van der Waals surface area contributed by atoms with Crippen LogP contribution in [0.2, 0.25) is 0 Å². The van der Waals surface area contributed by atoms with Gasteiger partial charge in [-0.05, 0) is 87.6 Å². The number of furan rings is 1. The van der Waals surface area contributed by atoms with Crippen LogP contribution in [0.3, 0.4) is 0 Å². The van der Waals surface area contributed by atoms with E-state index in [1.54, 1.807) is 0 Å². The number of benzene rings is 6. The number of imidazole rings is 1. The topological polar surface area (TPSA) is 43.3 Å². The van der Waals surface area contributed by atoms with Crippen LogP contribution in [0.25, 0.3) is 93.7 Å². The summed E-state index contributed by atoms with van der Waals surface area (Å²) in [5.41, 5.74) is 11.4. The van der Waals surface area contributed by atoms with Gasteiger partial charge in [0.05, 0.1) is 16.7 Å². The zero-order chi connectivity index (χ0) is 30.2. The lowest BCUT2D eigenvalue weighted by Crippen LogP contribution is -1.90. The average molecular weight is 588 g/mol. The highest BCUT2D eigenvalue weighted by Crippen LogP contribution is 2.39. The van der Waals surface area contributed by atoms with Crippen molar-refractivity contribution in [3.05, 3.63) is 152 Å². The maximum atomic E-state index is 6.20. The molecule has 0 bridgehead atoms. The average Bonchev–Trinajstić information content (AvgIpc) is 3.70. The second kappa shape index (κ2) is 9.62. The van der Waals surface area contributed by atoms with Gasteiger partial charge in [-0.3, -0.25) is 9.38 Å². The SMILES string of the molecule is c1ccc(-c2ccc3c(c2)c2cc(-c4cc(-c5ccc6c(c5)oc5ccccc56)ccn4)ccc2c2c3nc3ccccn32)cc1. The van der Waals surface area contributed by atoms with Crippen molar-refractivity contribution < 1.29 is 4.42 Å². The molecular weight excluding hydrogens is 562 g/mol. The fourth-order valence-corrected chi connectivity index (χ4v) is 7.03. The molecule has 0 amide bonds. The third-order valence-electron chi connectivity index (χ3n) is 9.24. The summed E-state index contributed by atoms with van der Waals surface area (Å²) in [4.78, 5) is 9.95. The first-order chi connectivity index (χ1) is 22.8. The lowest BCUT2D eigenvalue weighted by molar-refractivity contribution is 0.669. The molecular formula is C42H25N3O. The highest BCUT2D eigenvalue weighted by molar-refractivity contribution is 6.25. The molecule has 0 atom stereocenters. The van der Waals surface area contributed by atoms with Crippen molar-refractivity contribution in [2.75, 3.05) is 0 Å². The van der Waals surface area contributed by atoms with Crippen molar-refractivity contribution in [3.63, 3.8) is 0 Å². The molecule has 0 unspecified atom stereocenters. The van der Waals surface area contributed by atoms with Crippen LogP contribution in [-0.2, 0) is 0 Å². The van der Waals surface area contributed by atoms with E-state index in [4.69, 9.17) is 14.4 Å². The number of fused-ring (bicyclic) bond motifs is 11. The fraction of sp³-hybridized carbons (Fsp3) is 0. The standard InChI is InChI=1S/C42H25N3O/c1-2-8-26(9-3-1)27-14-17-33-35(22-27)36-23-30(15-18-34(36)42-41(33)44-40-12-6-7-21-45(40)42)37-24-29(19-20-43-37)28-13-16-32-31-10-4-5-11-38(31)46-39(32)25-28/h1-25H. The number of rotatable bonds is 3. The molecule has 46 heavy (non-hydrogen) atoms. The normalized spacial score (nSPS) is 11.9. The van der Waals surface area contributed by atoms with Crippen LogP contribution in [0.4, 0.5) is 0 Å². The van der Waals surface area contributed by atoms with Crippen molar-refractivity contribution in [3.8, 4) is 33.5 Å². The highest BCUT2D eigenvalue weighted by atomic mass is 16.3. The number of hydrogen-bond acceptors (Lipinski definition) is 3. The minimum absolute atomic E-state index is 0.889. The molecule has 0 aliphatic rings. The lowest BCUT2D eigenvalue weighted by Gasteiger charge is -2.12. The van der Waals surface area contributed by atoms with Crippen LogP contribution in [0.15, 0.2) is 156 Å². The summed E-state index contributed by atoms with van der Waals surface area (Å²) in [6.07, 6.45) is 4.00. The van der Waals surface area contributed by atoms with E-state index in [2.05, 4.69) is 132 Å². The van der Waals surface area contributed by atoms with Gasteiger partial charge in [-0.25, -0.2) is 4.98 Å². The first-order valence-corrected chi connectivity index (χ1v) is 15.5. The molecule has 0 saturated carbocycles. The number of nitrogens with zero attached hydrogens (tertiary/aromatic N) is 3. The second-order valence-corrected chi connectivity index (χ2v) is 11.9. The monoisotopic (exact) mass is 587 g/mol. The second-order valence-electron chi connectivity index (χ2n) is 11.9. The van der Waals surface area contributed by atoms with Crippen LogP contribution in [0.5, 0.6) is 0 Å². The summed E-state index contributed by atoms with van der Waals surface area (Å²) >= 11 is 0. The zero-order valence-corrected chi connectivity index (χ0v) is 24.7. The summed E-state index contributed by atoms with van der Waals surface area (Å²) in [7, 11) is 0. The molecule has 6 aromatic carbocycles. The van der Waals surface area contributed by atoms with Gasteiger partial charge in [0.15, 0.2) is 0 Å². The van der Waals surface area contributed by atoms with Crippen molar-refractivity contribution in [2.45, 2.75) is 0 Å². The molecule has 4 nitrogen and oxygen atoms in total. The number of aromatic nitrogens is 3. The Kier molecular flexibility index (Phi) is 5.25. The van der Waals surface area contributed by atoms with Gasteiger partial charge in [-0.15, -0.1) is 0 Å². The van der Waals surface area contributed by atoms with E-state index in [9.17, 15) is 0 Å². The van der Waals surface area contributed by atoms with Crippen LogP contribution < -0.4 is 0 Å². The summed E-state index contributed by atoms with van der Waals surface area (Å²) in [6.45, 7) is 0. The van der Waals surface area contributed by atoms with Crippen LogP contribution in [0, 0.1) is 0 Å². The van der Waals surface area contributed by atoms with Gasteiger partial charge in [-0.1, -0.05) is 84.9 Å². The summed E-state index contributed by atoms with van der Waals surface area (Å²) < 4.78 is 8.40. The lowest BCUT2D eigenvalue weighted by atomic mass is 9.94. The minimum Gasteiger partial charge on any atom is -0.456 e. The van der Waals surface area contributed by atoms with Gasteiger partial charge in [0, 0.05) is 39.5 Å². The third-order valence-corrected chi connectivity index (χ3v) is 9.24. The molecule has 214 valence electrons. The Bertz CT molecular complexity index is 2810. The fourth-order valence-electron chi connectivity index (χ4n) is 7.03. The maximum Gasteiger partial charge on any atom is 0.137 e. The van der Waals surface area contributed by atoms with Gasteiger partial charge < -0.3 is 4.42 Å². The molecule has 0 aliphatic heterocycles. The summed E-state index contributed by atoms with van der Waals surface area (Å²) in [5.74, 6) is 0. The molecule has 10 aromatic rings. The molecule has 0 N–H and O–H groups in total. The van der Waals surface area contributed by atoms with E-state index in [0.717, 1.165) is 66.4 Å². The molecule has 4 aromatic heterocycles. The van der Waals surface area contributed by atoms with Gasteiger partial charge in [0.1, 0.15) is 16.8 Å². The largest absolute Gasteiger partial charge is 0.456 e. The third kappa shape index (κ3) is 3.74. The molecule has 0 radical (unpaired) electrons. The quantitative estimate of drug-likeness (QED) is 0.193. The Hall–Kier alpha value is -6.26. The molecule has 4 heterocycles. The van der Waals surface area contributed by atoms with Crippen LogP contribution >= 0.6 is 0 Å². The van der Waals surface area contributed by atoms with Crippen molar-refractivity contribution in [2.24, 2.45) is 0 Å². The Labute approximate surface area is 263 Å². The van der Waals surface area contributed by atoms with E-state index in [0.29, 0.717) is 0 Å². The Morgan fingerprint density at radius 3 is 2.09 bits per heavy atom.